The van der Waals surface area contributed by atoms with E-state index in [1.165, 1.54) is 12.0 Å². The Kier molecular flexibility index (Phi) is 9.84. The Morgan fingerprint density at radius 1 is 1.31 bits per heavy atom. The van der Waals surface area contributed by atoms with E-state index in [-0.39, 0.29) is 18.3 Å². The first kappa shape index (κ1) is 25.2. The third-order valence-electron chi connectivity index (χ3n) is 5.46. The van der Waals surface area contributed by atoms with Crippen LogP contribution in [-0.2, 0) is 14.3 Å². The normalized spacial score (nSPS) is 23.7. The highest BCUT2D eigenvalue weighted by atomic mass is 16.6. The molecule has 2 N–H and O–H groups in total. The van der Waals surface area contributed by atoms with Gasteiger partial charge in [0.25, 0.3) is 0 Å². The summed E-state index contributed by atoms with van der Waals surface area (Å²) in [6, 6.07) is 0. The number of esters is 1. The SMILES string of the molecule is C=CCC(CC)C(O)CC(=O)O.CCC1=CC2C(=CC(=O)OC(C)(C)C)CC2C1. The van der Waals surface area contributed by atoms with Crippen molar-refractivity contribution in [2.24, 2.45) is 17.8 Å². The molecule has 0 aliphatic heterocycles. The van der Waals surface area contributed by atoms with Gasteiger partial charge in [-0.1, -0.05) is 43.6 Å². The summed E-state index contributed by atoms with van der Waals surface area (Å²) in [6.07, 6.45) is 9.75. The van der Waals surface area contributed by atoms with E-state index < -0.39 is 17.7 Å². The van der Waals surface area contributed by atoms with Crippen LogP contribution in [0.4, 0.5) is 0 Å². The third kappa shape index (κ3) is 8.57. The fourth-order valence-electron chi connectivity index (χ4n) is 3.86. The third-order valence-corrected chi connectivity index (χ3v) is 5.46. The van der Waals surface area contributed by atoms with Gasteiger partial charge in [0, 0.05) is 12.0 Å². The summed E-state index contributed by atoms with van der Waals surface area (Å²) in [7, 11) is 0. The molecule has 1 fully saturated rings. The van der Waals surface area contributed by atoms with Crippen LogP contribution in [0.25, 0.3) is 0 Å². The maximum atomic E-state index is 11.7. The molecule has 0 aromatic rings. The summed E-state index contributed by atoms with van der Waals surface area (Å²) in [5, 5.41) is 17.8. The first-order valence-electron chi connectivity index (χ1n) is 10.6. The summed E-state index contributed by atoms with van der Waals surface area (Å²) in [6.45, 7) is 13.4. The van der Waals surface area contributed by atoms with Crippen molar-refractivity contribution in [3.05, 3.63) is 36.0 Å². The number of rotatable bonds is 8. The molecule has 2 rings (SSSR count). The zero-order valence-corrected chi connectivity index (χ0v) is 18.6. The lowest BCUT2D eigenvalue weighted by molar-refractivity contribution is -0.148. The van der Waals surface area contributed by atoms with E-state index in [0.717, 1.165) is 25.2 Å². The summed E-state index contributed by atoms with van der Waals surface area (Å²) in [5.74, 6) is 0.170. The molecule has 0 spiro atoms. The van der Waals surface area contributed by atoms with Crippen LogP contribution in [0, 0.1) is 17.8 Å². The molecule has 0 saturated heterocycles. The van der Waals surface area contributed by atoms with Crippen LogP contribution in [0.15, 0.2) is 36.0 Å². The minimum absolute atomic E-state index is 0.0265. The molecule has 5 heteroatoms. The summed E-state index contributed by atoms with van der Waals surface area (Å²) < 4.78 is 5.31. The first-order chi connectivity index (χ1) is 13.5. The second-order valence-electron chi connectivity index (χ2n) is 8.98. The monoisotopic (exact) mass is 406 g/mol. The molecule has 0 aromatic carbocycles. The van der Waals surface area contributed by atoms with Crippen molar-refractivity contribution in [2.45, 2.75) is 84.8 Å². The number of aliphatic carboxylic acids is 1. The number of aliphatic hydroxyl groups is 1. The van der Waals surface area contributed by atoms with Crippen molar-refractivity contribution in [3.8, 4) is 0 Å². The zero-order chi connectivity index (χ0) is 22.2. The van der Waals surface area contributed by atoms with Gasteiger partial charge in [0.1, 0.15) is 5.60 Å². The van der Waals surface area contributed by atoms with Gasteiger partial charge in [-0.25, -0.2) is 4.79 Å². The number of hydrogen-bond donors (Lipinski definition) is 2. The van der Waals surface area contributed by atoms with Gasteiger partial charge < -0.3 is 14.9 Å². The molecule has 2 aliphatic carbocycles. The standard InChI is InChI=1S/C15H22O2.C9H16O3/c1-5-10-6-11-8-12(13(11)7-10)9-14(16)17-15(2,3)4;1-3-5-7(4-2)8(10)6-9(11)12/h7,9,11,13H,5-6,8H2,1-4H3;3,7-8,10H,1,4-6H2,2H3,(H,11,12). The molecule has 0 bridgehead atoms. The van der Waals surface area contributed by atoms with Crippen LogP contribution in [-0.4, -0.2) is 33.9 Å². The Morgan fingerprint density at radius 2 is 1.97 bits per heavy atom. The Bertz CT molecular complexity index is 638. The van der Waals surface area contributed by atoms with Gasteiger partial charge in [-0.15, -0.1) is 6.58 Å². The van der Waals surface area contributed by atoms with Gasteiger partial charge in [-0.05, 0) is 58.3 Å². The molecule has 5 nitrogen and oxygen atoms in total. The van der Waals surface area contributed by atoms with Gasteiger partial charge >= 0.3 is 11.9 Å². The van der Waals surface area contributed by atoms with Crippen molar-refractivity contribution in [1.29, 1.82) is 0 Å². The number of carbonyl (C=O) groups excluding carboxylic acids is 1. The van der Waals surface area contributed by atoms with Gasteiger partial charge in [-0.2, -0.15) is 0 Å². The van der Waals surface area contributed by atoms with E-state index in [4.69, 9.17) is 9.84 Å². The minimum Gasteiger partial charge on any atom is -0.481 e. The van der Waals surface area contributed by atoms with Crippen molar-refractivity contribution < 1.29 is 24.5 Å². The number of carbonyl (C=O) groups is 2. The van der Waals surface area contributed by atoms with E-state index in [2.05, 4.69) is 19.6 Å². The van der Waals surface area contributed by atoms with Gasteiger partial charge in [0.2, 0.25) is 0 Å². The highest BCUT2D eigenvalue weighted by Gasteiger charge is 2.39. The van der Waals surface area contributed by atoms with Crippen LogP contribution >= 0.6 is 0 Å². The molecule has 164 valence electrons. The number of carboxylic acid groups (broad SMARTS) is 1. The molecule has 4 atom stereocenters. The Morgan fingerprint density at radius 3 is 2.45 bits per heavy atom. The van der Waals surface area contributed by atoms with E-state index in [1.807, 2.05) is 27.7 Å². The minimum atomic E-state index is -0.954. The highest BCUT2D eigenvalue weighted by Crippen LogP contribution is 2.50. The van der Waals surface area contributed by atoms with Crippen molar-refractivity contribution in [3.63, 3.8) is 0 Å². The van der Waals surface area contributed by atoms with Crippen molar-refractivity contribution in [2.75, 3.05) is 0 Å². The number of ether oxygens (including phenoxy) is 1. The van der Waals surface area contributed by atoms with Crippen LogP contribution < -0.4 is 0 Å². The van der Waals surface area contributed by atoms with Crippen molar-refractivity contribution >= 4 is 11.9 Å². The lowest BCUT2D eigenvalue weighted by atomic mass is 9.71. The topological polar surface area (TPSA) is 83.8 Å². The Labute approximate surface area is 175 Å². The lowest BCUT2D eigenvalue weighted by Crippen LogP contribution is -2.27. The second-order valence-corrected chi connectivity index (χ2v) is 8.98. The van der Waals surface area contributed by atoms with E-state index >= 15 is 0 Å². The summed E-state index contributed by atoms with van der Waals surface area (Å²) in [5.41, 5.74) is 2.41. The average molecular weight is 407 g/mol. The maximum absolute atomic E-state index is 11.7. The molecule has 29 heavy (non-hydrogen) atoms. The van der Waals surface area contributed by atoms with Crippen LogP contribution in [0.1, 0.15) is 73.1 Å². The summed E-state index contributed by atoms with van der Waals surface area (Å²) >= 11 is 0. The summed E-state index contributed by atoms with van der Waals surface area (Å²) in [4.78, 5) is 21.9. The first-order valence-corrected chi connectivity index (χ1v) is 10.6. The predicted octanol–water partition coefficient (Wildman–Crippen LogP) is 5.06. The molecule has 0 radical (unpaired) electrons. The molecule has 0 heterocycles. The highest BCUT2D eigenvalue weighted by molar-refractivity contribution is 5.83. The fraction of sp³-hybridized carbons (Fsp3) is 0.667. The molecule has 0 aromatic heterocycles. The van der Waals surface area contributed by atoms with Gasteiger partial charge in [0.15, 0.2) is 0 Å². The van der Waals surface area contributed by atoms with E-state index in [9.17, 15) is 14.7 Å². The Hall–Kier alpha value is -1.88. The van der Waals surface area contributed by atoms with Crippen LogP contribution in [0.3, 0.4) is 0 Å². The quantitative estimate of drug-likeness (QED) is 0.335. The molecular weight excluding hydrogens is 368 g/mol. The molecular formula is C24H38O5. The van der Waals surface area contributed by atoms with Crippen LogP contribution in [0.5, 0.6) is 0 Å². The molecule has 1 saturated carbocycles. The van der Waals surface area contributed by atoms with Gasteiger partial charge in [0.05, 0.1) is 12.5 Å². The molecule has 4 unspecified atom stereocenters. The van der Waals surface area contributed by atoms with E-state index in [1.54, 1.807) is 17.7 Å². The Balaban J connectivity index is 0.000000311. The maximum Gasteiger partial charge on any atom is 0.331 e. The predicted molar refractivity (Wildman–Crippen MR) is 115 cm³/mol. The average Bonchev–Trinajstić information content (AvgIpc) is 2.92. The number of allylic oxidation sites excluding steroid dienone is 4. The smallest absolute Gasteiger partial charge is 0.331 e. The lowest BCUT2D eigenvalue weighted by Gasteiger charge is -2.33. The zero-order valence-electron chi connectivity index (χ0n) is 18.6. The van der Waals surface area contributed by atoms with Crippen molar-refractivity contribution in [1.82, 2.24) is 0 Å². The van der Waals surface area contributed by atoms with E-state index in [0.29, 0.717) is 12.3 Å². The molecule has 0 amide bonds. The number of fused-ring (bicyclic) bond motifs is 1. The fourth-order valence-corrected chi connectivity index (χ4v) is 3.86. The number of carboxylic acids is 1. The number of hydrogen-bond acceptors (Lipinski definition) is 4. The largest absolute Gasteiger partial charge is 0.481 e. The number of aliphatic hydroxyl groups excluding tert-OH is 1. The molecule has 2 aliphatic rings. The van der Waals surface area contributed by atoms with Gasteiger partial charge in [-0.3, -0.25) is 4.79 Å². The second kappa shape index (κ2) is 11.3. The van der Waals surface area contributed by atoms with Crippen LogP contribution in [0.2, 0.25) is 0 Å².